The first kappa shape index (κ1) is 20.4. The summed E-state index contributed by atoms with van der Waals surface area (Å²) in [5.41, 5.74) is 0. The fraction of sp³-hybridized carbons (Fsp3) is 0.600. The summed E-state index contributed by atoms with van der Waals surface area (Å²) in [5.74, 6) is -13.3. The van der Waals surface area contributed by atoms with E-state index in [1.165, 1.54) is 0 Å². The van der Waals surface area contributed by atoms with Crippen molar-refractivity contribution in [2.24, 2.45) is 0 Å². The van der Waals surface area contributed by atoms with Gasteiger partial charge in [-0.25, -0.2) is 13.2 Å². The Kier molecular flexibility index (Phi) is 6.69. The zero-order chi connectivity index (χ0) is 18.8. The molecule has 142 valence electrons. The molecule has 25 heavy (non-hydrogen) atoms. The highest BCUT2D eigenvalue weighted by atomic mass is 79.9. The Bertz CT molecular complexity index is 712. The fourth-order valence-electron chi connectivity index (χ4n) is 2.74. The maximum absolute atomic E-state index is 13.7. The van der Waals surface area contributed by atoms with Gasteiger partial charge in [0.2, 0.25) is 34.8 Å². The molecule has 0 bridgehead atoms. The quantitative estimate of drug-likeness (QED) is 0.214. The smallest absolute Gasteiger partial charge is 0.313 e. The second-order valence-corrected chi connectivity index (χ2v) is 8.81. The predicted octanol–water partition coefficient (Wildman–Crippen LogP) is 4.97. The molecule has 3 nitrogen and oxygen atoms in total. The topological polar surface area (TPSA) is 43.4 Å². The largest absolute Gasteiger partial charge is 0.376 e. The molecule has 1 aromatic carbocycles. The van der Waals surface area contributed by atoms with Gasteiger partial charge in [0.25, 0.3) is 0 Å². The minimum absolute atomic E-state index is 0.160. The Balaban J connectivity index is 2.37. The summed E-state index contributed by atoms with van der Waals surface area (Å²) in [5, 5.41) is -1.15. The van der Waals surface area contributed by atoms with Crippen molar-refractivity contribution in [1.29, 1.82) is 0 Å². The second kappa shape index (κ2) is 8.20. The third kappa shape index (κ3) is 4.45. The van der Waals surface area contributed by atoms with Crippen LogP contribution in [0.2, 0.25) is 0 Å². The Morgan fingerprint density at radius 2 is 1.20 bits per heavy atom. The molecule has 0 N–H and O–H groups in total. The van der Waals surface area contributed by atoms with Gasteiger partial charge in [0.1, 0.15) is 5.25 Å². The fourth-order valence-corrected chi connectivity index (χ4v) is 5.58. The van der Waals surface area contributed by atoms with E-state index in [1.807, 2.05) is 0 Å². The van der Waals surface area contributed by atoms with Gasteiger partial charge in [0, 0.05) is 4.83 Å². The van der Waals surface area contributed by atoms with Crippen molar-refractivity contribution in [3.8, 4) is 5.75 Å². The van der Waals surface area contributed by atoms with Gasteiger partial charge in [-0.3, -0.25) is 0 Å². The SMILES string of the molecule is O=S(=O)(Oc1c(F)c(F)c(F)c(F)c1F)C1CCCCCCCC1Br. The molecule has 0 aliphatic heterocycles. The van der Waals surface area contributed by atoms with E-state index in [2.05, 4.69) is 20.1 Å². The van der Waals surface area contributed by atoms with Crippen molar-refractivity contribution < 1.29 is 34.6 Å². The van der Waals surface area contributed by atoms with Gasteiger partial charge in [-0.1, -0.05) is 48.0 Å². The van der Waals surface area contributed by atoms with Gasteiger partial charge in [-0.2, -0.15) is 17.2 Å². The lowest BCUT2D eigenvalue weighted by Crippen LogP contribution is -2.34. The van der Waals surface area contributed by atoms with Crippen molar-refractivity contribution in [1.82, 2.24) is 0 Å². The Morgan fingerprint density at radius 3 is 1.76 bits per heavy atom. The minimum Gasteiger partial charge on any atom is -0.376 e. The Labute approximate surface area is 150 Å². The van der Waals surface area contributed by atoms with Gasteiger partial charge in [0.15, 0.2) is 0 Å². The van der Waals surface area contributed by atoms with E-state index >= 15 is 0 Å². The molecule has 2 rings (SSSR count). The number of hydrogen-bond donors (Lipinski definition) is 0. The molecule has 2 unspecified atom stereocenters. The molecule has 0 amide bonds. The summed E-state index contributed by atoms with van der Waals surface area (Å²) in [6, 6.07) is 0. The average molecular weight is 451 g/mol. The average Bonchev–Trinajstić information content (AvgIpc) is 2.67. The number of rotatable bonds is 3. The lowest BCUT2D eigenvalue weighted by molar-refractivity contribution is 0.344. The summed E-state index contributed by atoms with van der Waals surface area (Å²) in [6.07, 6.45) is 4.60. The molecule has 10 heteroatoms. The van der Waals surface area contributed by atoms with Crippen LogP contribution in [0.1, 0.15) is 44.9 Å². The van der Waals surface area contributed by atoms with Crippen LogP contribution in [-0.2, 0) is 10.1 Å². The summed E-state index contributed by atoms with van der Waals surface area (Å²) in [4.78, 5) is -0.545. The van der Waals surface area contributed by atoms with Gasteiger partial charge in [-0.15, -0.1) is 0 Å². The number of halogens is 6. The van der Waals surface area contributed by atoms with E-state index in [9.17, 15) is 30.4 Å². The zero-order valence-corrected chi connectivity index (χ0v) is 15.4. The summed E-state index contributed by atoms with van der Waals surface area (Å²) in [7, 11) is -4.62. The summed E-state index contributed by atoms with van der Waals surface area (Å²) < 4.78 is 96.1. The molecule has 1 fully saturated rings. The van der Waals surface area contributed by atoms with Crippen LogP contribution in [0.5, 0.6) is 5.75 Å². The lowest BCUT2D eigenvalue weighted by atomic mass is 10.1. The van der Waals surface area contributed by atoms with Gasteiger partial charge < -0.3 is 4.18 Å². The van der Waals surface area contributed by atoms with Crippen LogP contribution < -0.4 is 4.18 Å². The normalized spacial score (nSPS) is 22.8. The van der Waals surface area contributed by atoms with E-state index in [0.717, 1.165) is 25.7 Å². The highest BCUT2D eigenvalue weighted by Gasteiger charge is 2.37. The van der Waals surface area contributed by atoms with Crippen molar-refractivity contribution in [3.63, 3.8) is 0 Å². The van der Waals surface area contributed by atoms with Crippen LogP contribution in [0.15, 0.2) is 0 Å². The first-order chi connectivity index (χ1) is 11.7. The highest BCUT2D eigenvalue weighted by molar-refractivity contribution is 9.09. The molecule has 1 saturated carbocycles. The Morgan fingerprint density at radius 1 is 0.760 bits per heavy atom. The number of alkyl halides is 1. The van der Waals surface area contributed by atoms with Gasteiger partial charge in [0.05, 0.1) is 0 Å². The van der Waals surface area contributed by atoms with Crippen molar-refractivity contribution in [3.05, 3.63) is 29.1 Å². The van der Waals surface area contributed by atoms with E-state index in [4.69, 9.17) is 0 Å². The second-order valence-electron chi connectivity index (χ2n) is 5.87. The zero-order valence-electron chi connectivity index (χ0n) is 13.0. The van der Waals surface area contributed by atoms with E-state index in [-0.39, 0.29) is 6.42 Å². The maximum atomic E-state index is 13.7. The van der Waals surface area contributed by atoms with Crippen LogP contribution >= 0.6 is 15.9 Å². The molecule has 0 heterocycles. The highest BCUT2D eigenvalue weighted by Crippen LogP contribution is 2.33. The molecular formula is C15H16BrF5O3S. The number of hydrogen-bond acceptors (Lipinski definition) is 3. The van der Waals surface area contributed by atoms with Crippen molar-refractivity contribution in [2.45, 2.75) is 55.0 Å². The third-order valence-electron chi connectivity index (χ3n) is 4.11. The summed E-state index contributed by atoms with van der Waals surface area (Å²) in [6.45, 7) is 0. The van der Waals surface area contributed by atoms with Crippen LogP contribution in [0.25, 0.3) is 0 Å². The molecule has 2 atom stereocenters. The molecule has 1 aromatic rings. The molecule has 0 spiro atoms. The molecule has 0 radical (unpaired) electrons. The van der Waals surface area contributed by atoms with Gasteiger partial charge >= 0.3 is 10.1 Å². The van der Waals surface area contributed by atoms with E-state index in [1.54, 1.807) is 0 Å². The first-order valence-electron chi connectivity index (χ1n) is 7.75. The predicted molar refractivity (Wildman–Crippen MR) is 84.6 cm³/mol. The Hall–Kier alpha value is -0.900. The first-order valence-corrected chi connectivity index (χ1v) is 10.1. The minimum atomic E-state index is -4.62. The monoisotopic (exact) mass is 450 g/mol. The molecule has 1 aliphatic carbocycles. The number of benzene rings is 1. The maximum Gasteiger partial charge on any atom is 0.313 e. The molecular weight excluding hydrogens is 435 g/mol. The van der Waals surface area contributed by atoms with Crippen LogP contribution in [-0.4, -0.2) is 18.5 Å². The third-order valence-corrected chi connectivity index (χ3v) is 7.26. The standard InChI is InChI=1S/C15H16BrF5O3S/c16-8-6-4-2-1-3-5-7-9(8)25(22,23)24-15-13(20)11(18)10(17)12(19)14(15)21/h8-9H,1-7H2. The van der Waals surface area contributed by atoms with Crippen LogP contribution in [0, 0.1) is 29.1 Å². The molecule has 0 saturated heterocycles. The molecule has 1 aliphatic rings. The molecule has 0 aromatic heterocycles. The van der Waals surface area contributed by atoms with Gasteiger partial charge in [-0.05, 0) is 12.8 Å². The van der Waals surface area contributed by atoms with Crippen LogP contribution in [0.3, 0.4) is 0 Å². The lowest BCUT2D eigenvalue weighted by Gasteiger charge is -2.22. The van der Waals surface area contributed by atoms with E-state index < -0.39 is 55.0 Å². The van der Waals surface area contributed by atoms with Crippen molar-refractivity contribution in [2.75, 3.05) is 0 Å². The summed E-state index contributed by atoms with van der Waals surface area (Å²) >= 11 is 3.25. The van der Waals surface area contributed by atoms with Crippen molar-refractivity contribution >= 4 is 26.0 Å². The van der Waals surface area contributed by atoms with Crippen LogP contribution in [0.4, 0.5) is 22.0 Å². The van der Waals surface area contributed by atoms with E-state index in [0.29, 0.717) is 12.8 Å².